The van der Waals surface area contributed by atoms with E-state index in [0.29, 0.717) is 6.61 Å². The van der Waals surface area contributed by atoms with Crippen molar-refractivity contribution in [3.05, 3.63) is 0 Å². The van der Waals surface area contributed by atoms with Gasteiger partial charge in [-0.05, 0) is 12.8 Å². The summed E-state index contributed by atoms with van der Waals surface area (Å²) in [5.41, 5.74) is 0. The maximum absolute atomic E-state index is 12.6. The highest BCUT2D eigenvalue weighted by Crippen LogP contribution is 2.43. The van der Waals surface area contributed by atoms with Gasteiger partial charge >= 0.3 is 13.8 Å². The number of hydrogen-bond acceptors (Lipinski definition) is 8. The maximum atomic E-state index is 12.6. The van der Waals surface area contributed by atoms with Crippen molar-refractivity contribution >= 4 is 13.8 Å². The van der Waals surface area contributed by atoms with Gasteiger partial charge in [0.1, 0.15) is 12.2 Å². The SMILES string of the molecule is CCCCCCCCCCCCCCCCCCCCCCC(=O)OC(COCCCCCCCCCCCCCCCC)COP(=O)(O)OCC(O)CO. The van der Waals surface area contributed by atoms with Gasteiger partial charge in [-0.3, -0.25) is 13.8 Å². The summed E-state index contributed by atoms with van der Waals surface area (Å²) >= 11 is 0. The number of ether oxygens (including phenoxy) is 2. The van der Waals surface area contributed by atoms with Crippen molar-refractivity contribution in [3.63, 3.8) is 0 Å². The van der Waals surface area contributed by atoms with Gasteiger partial charge in [0, 0.05) is 13.0 Å². The van der Waals surface area contributed by atoms with Crippen LogP contribution in [-0.2, 0) is 27.9 Å². The summed E-state index contributed by atoms with van der Waals surface area (Å²) in [5.74, 6) is -0.375. The molecule has 3 atom stereocenters. The number of unbranched alkanes of at least 4 members (excludes halogenated alkanes) is 32. The monoisotopic (exact) mass is 807 g/mol. The van der Waals surface area contributed by atoms with E-state index >= 15 is 0 Å². The Bertz CT molecular complexity index is 830. The third-order valence-electron chi connectivity index (χ3n) is 10.5. The summed E-state index contributed by atoms with van der Waals surface area (Å²) in [4.78, 5) is 22.6. The van der Waals surface area contributed by atoms with Gasteiger partial charge in [-0.15, -0.1) is 0 Å². The molecular weight excluding hydrogens is 715 g/mol. The fourth-order valence-electron chi connectivity index (χ4n) is 6.95. The number of aliphatic hydroxyl groups excluding tert-OH is 2. The summed E-state index contributed by atoms with van der Waals surface area (Å²) in [7, 11) is -4.51. The van der Waals surface area contributed by atoms with Crippen molar-refractivity contribution < 1.29 is 43.0 Å². The molecule has 3 N–H and O–H groups in total. The molecule has 0 aromatic rings. The van der Waals surface area contributed by atoms with Gasteiger partial charge < -0.3 is 24.6 Å². The van der Waals surface area contributed by atoms with Gasteiger partial charge in [0.2, 0.25) is 0 Å². The van der Waals surface area contributed by atoms with Crippen LogP contribution in [0, 0.1) is 0 Å². The Labute approximate surface area is 339 Å². The molecule has 0 aliphatic carbocycles. The van der Waals surface area contributed by atoms with Crippen LogP contribution in [0.1, 0.15) is 239 Å². The zero-order chi connectivity index (χ0) is 40.3. The zero-order valence-electron chi connectivity index (χ0n) is 36.2. The standard InChI is InChI=1S/C45H91O9P/c1-3-5-7-9-11-13-15-17-19-20-21-22-23-24-25-27-29-31-33-35-37-45(48)54-44(42-53-55(49,50)52-40-43(47)39-46)41-51-38-36-34-32-30-28-26-18-16-14-12-10-8-6-4-2/h43-44,46-47H,3-42H2,1-2H3,(H,49,50). The van der Waals surface area contributed by atoms with Gasteiger partial charge in [0.15, 0.2) is 0 Å². The average molecular weight is 807 g/mol. The van der Waals surface area contributed by atoms with E-state index in [0.717, 1.165) is 32.1 Å². The fraction of sp³-hybridized carbons (Fsp3) is 0.978. The highest BCUT2D eigenvalue weighted by atomic mass is 31.2. The minimum absolute atomic E-state index is 0.0582. The van der Waals surface area contributed by atoms with Crippen LogP contribution in [0.15, 0.2) is 0 Å². The van der Waals surface area contributed by atoms with Gasteiger partial charge in [0.05, 0.1) is 26.4 Å². The Hall–Kier alpha value is -0.540. The normalized spacial score (nSPS) is 13.9. The minimum Gasteiger partial charge on any atom is -0.457 e. The lowest BCUT2D eigenvalue weighted by molar-refractivity contribution is -0.154. The van der Waals surface area contributed by atoms with E-state index in [9.17, 15) is 19.4 Å². The number of esters is 1. The van der Waals surface area contributed by atoms with Crippen molar-refractivity contribution in [2.75, 3.05) is 33.0 Å². The Morgan fingerprint density at radius 1 is 0.491 bits per heavy atom. The average Bonchev–Trinajstić information content (AvgIpc) is 3.18. The van der Waals surface area contributed by atoms with Crippen molar-refractivity contribution in [1.82, 2.24) is 0 Å². The second-order valence-corrected chi connectivity index (χ2v) is 17.6. The van der Waals surface area contributed by atoms with E-state index in [1.165, 1.54) is 186 Å². The third kappa shape index (κ3) is 42.9. The summed E-state index contributed by atoms with van der Waals surface area (Å²) in [6.07, 6.45) is 42.0. The summed E-state index contributed by atoms with van der Waals surface area (Å²) < 4.78 is 33.4. The molecule has 0 amide bonds. The summed E-state index contributed by atoms with van der Waals surface area (Å²) in [5, 5.41) is 18.4. The lowest BCUT2D eigenvalue weighted by Gasteiger charge is -2.20. The molecule has 0 saturated carbocycles. The first kappa shape index (κ1) is 54.5. The molecule has 10 heteroatoms. The molecule has 0 spiro atoms. The molecular formula is C45H91O9P. The number of carbonyl (C=O) groups excluding carboxylic acids is 1. The van der Waals surface area contributed by atoms with Crippen LogP contribution in [0.3, 0.4) is 0 Å². The quantitative estimate of drug-likeness (QED) is 0.0312. The summed E-state index contributed by atoms with van der Waals surface area (Å²) in [6.45, 7) is 3.59. The van der Waals surface area contributed by atoms with Gasteiger partial charge in [-0.1, -0.05) is 219 Å². The number of aliphatic hydroxyl groups is 2. The van der Waals surface area contributed by atoms with E-state index in [1.807, 2.05) is 0 Å². The molecule has 0 radical (unpaired) electrons. The van der Waals surface area contributed by atoms with E-state index in [2.05, 4.69) is 13.8 Å². The Morgan fingerprint density at radius 2 is 0.818 bits per heavy atom. The first-order valence-corrected chi connectivity index (χ1v) is 25.0. The molecule has 0 saturated heterocycles. The molecule has 0 fully saturated rings. The zero-order valence-corrected chi connectivity index (χ0v) is 37.1. The molecule has 0 bridgehead atoms. The Morgan fingerprint density at radius 3 is 1.18 bits per heavy atom. The van der Waals surface area contributed by atoms with Crippen molar-refractivity contribution in [2.24, 2.45) is 0 Å². The number of phosphoric ester groups is 1. The van der Waals surface area contributed by atoms with Gasteiger partial charge in [-0.25, -0.2) is 4.57 Å². The minimum atomic E-state index is -4.51. The van der Waals surface area contributed by atoms with Crippen molar-refractivity contribution in [3.8, 4) is 0 Å². The largest absolute Gasteiger partial charge is 0.472 e. The highest BCUT2D eigenvalue weighted by molar-refractivity contribution is 7.47. The molecule has 9 nitrogen and oxygen atoms in total. The molecule has 0 aliphatic heterocycles. The van der Waals surface area contributed by atoms with Crippen molar-refractivity contribution in [2.45, 2.75) is 251 Å². The Balaban J connectivity index is 4.05. The molecule has 0 rings (SSSR count). The predicted octanol–water partition coefficient (Wildman–Crippen LogP) is 13.1. The fourth-order valence-corrected chi connectivity index (χ4v) is 7.74. The van der Waals surface area contributed by atoms with Crippen LogP contribution < -0.4 is 0 Å². The molecule has 0 heterocycles. The lowest BCUT2D eigenvalue weighted by atomic mass is 10.0. The highest BCUT2D eigenvalue weighted by Gasteiger charge is 2.26. The second kappa shape index (κ2) is 43.0. The number of hydrogen-bond donors (Lipinski definition) is 3. The van der Waals surface area contributed by atoms with Crippen LogP contribution >= 0.6 is 7.82 Å². The molecule has 0 aromatic heterocycles. The molecule has 0 aromatic carbocycles. The topological polar surface area (TPSA) is 132 Å². The number of rotatable bonds is 46. The summed E-state index contributed by atoms with van der Waals surface area (Å²) in [6, 6.07) is 0. The number of phosphoric acid groups is 1. The second-order valence-electron chi connectivity index (χ2n) is 16.1. The van der Waals surface area contributed by atoms with Crippen LogP contribution in [-0.4, -0.2) is 66.3 Å². The number of carbonyl (C=O) groups is 1. The van der Waals surface area contributed by atoms with E-state index in [1.54, 1.807) is 0 Å². The van der Waals surface area contributed by atoms with E-state index in [-0.39, 0.29) is 25.6 Å². The van der Waals surface area contributed by atoms with E-state index in [4.69, 9.17) is 23.6 Å². The molecule has 0 aliphatic rings. The lowest BCUT2D eigenvalue weighted by Crippen LogP contribution is -2.29. The van der Waals surface area contributed by atoms with Crippen LogP contribution in [0.4, 0.5) is 0 Å². The smallest absolute Gasteiger partial charge is 0.457 e. The van der Waals surface area contributed by atoms with Crippen LogP contribution in [0.2, 0.25) is 0 Å². The predicted molar refractivity (Wildman–Crippen MR) is 228 cm³/mol. The first-order valence-electron chi connectivity index (χ1n) is 23.5. The third-order valence-corrected chi connectivity index (χ3v) is 11.5. The van der Waals surface area contributed by atoms with Crippen LogP contribution in [0.25, 0.3) is 0 Å². The Kier molecular flexibility index (Phi) is 42.6. The maximum Gasteiger partial charge on any atom is 0.472 e. The van der Waals surface area contributed by atoms with E-state index < -0.39 is 33.2 Å². The molecule has 330 valence electrons. The van der Waals surface area contributed by atoms with Gasteiger partial charge in [-0.2, -0.15) is 0 Å². The molecule has 55 heavy (non-hydrogen) atoms. The first-order chi connectivity index (χ1) is 26.8. The van der Waals surface area contributed by atoms with Gasteiger partial charge in [0.25, 0.3) is 0 Å². The van der Waals surface area contributed by atoms with Crippen molar-refractivity contribution in [1.29, 1.82) is 0 Å². The van der Waals surface area contributed by atoms with Crippen LogP contribution in [0.5, 0.6) is 0 Å². The molecule has 3 unspecified atom stereocenters.